The monoisotopic (exact) mass is 359 g/mol. The zero-order chi connectivity index (χ0) is 19.5. The average Bonchev–Trinajstić information content (AvgIpc) is 2.42. The fourth-order valence-electron chi connectivity index (χ4n) is 1.89. The first-order valence-electron chi connectivity index (χ1n) is 7.96. The molecule has 0 aliphatic rings. The Hall–Kier alpha value is -1.08. The average molecular weight is 360 g/mol. The third-order valence-corrected chi connectivity index (χ3v) is 5.86. The maximum atomic E-state index is 12.7. The third kappa shape index (κ3) is 5.48. The lowest BCUT2D eigenvalue weighted by Crippen LogP contribution is -2.64. The molecule has 1 atom stereocenters. The lowest BCUT2D eigenvalue weighted by atomic mass is 9.95. The fraction of sp³-hybridized carbons (Fsp3) is 0.824. The summed E-state index contributed by atoms with van der Waals surface area (Å²) in [4.78, 5) is 38.9. The van der Waals surface area contributed by atoms with E-state index in [2.05, 4.69) is 10.6 Å². The Balaban J connectivity index is 5.27. The molecule has 0 aromatic heterocycles. The summed E-state index contributed by atoms with van der Waals surface area (Å²) in [7, 11) is 3.61. The van der Waals surface area contributed by atoms with Crippen molar-refractivity contribution in [2.24, 2.45) is 0 Å². The topological polar surface area (TPSA) is 78.5 Å². The first-order valence-corrected chi connectivity index (χ1v) is 9.18. The van der Waals surface area contributed by atoms with Crippen molar-refractivity contribution in [3.8, 4) is 0 Å². The number of carbonyl (C=O) groups excluding carboxylic acids is 3. The molecule has 0 heterocycles. The van der Waals surface area contributed by atoms with Crippen molar-refractivity contribution in [3.63, 3.8) is 0 Å². The number of ketones is 1. The molecule has 0 rings (SSSR count). The molecule has 0 saturated heterocycles. The highest BCUT2D eigenvalue weighted by Gasteiger charge is 2.40. The molecule has 0 radical (unpaired) electrons. The van der Waals surface area contributed by atoms with E-state index in [9.17, 15) is 14.4 Å². The number of hydrogen-bond donors (Lipinski definition) is 2. The van der Waals surface area contributed by atoms with Crippen molar-refractivity contribution in [3.05, 3.63) is 0 Å². The van der Waals surface area contributed by atoms with E-state index < -0.39 is 21.9 Å². The van der Waals surface area contributed by atoms with Gasteiger partial charge in [0.15, 0.2) is 5.78 Å². The van der Waals surface area contributed by atoms with E-state index >= 15 is 0 Å². The second-order valence-electron chi connectivity index (χ2n) is 7.86. The van der Waals surface area contributed by atoms with Crippen LogP contribution in [0.1, 0.15) is 48.5 Å². The molecular weight excluding hydrogens is 326 g/mol. The summed E-state index contributed by atoms with van der Waals surface area (Å²) in [5.74, 6) is -0.748. The molecule has 2 amide bonds. The van der Waals surface area contributed by atoms with E-state index in [1.807, 2.05) is 20.1 Å². The van der Waals surface area contributed by atoms with Crippen molar-refractivity contribution in [1.29, 1.82) is 0 Å². The van der Waals surface area contributed by atoms with E-state index in [0.717, 1.165) is 0 Å². The molecule has 0 bridgehead atoms. The van der Waals surface area contributed by atoms with Crippen molar-refractivity contribution < 1.29 is 14.4 Å². The molecule has 6 nitrogen and oxygen atoms in total. The number of nitrogens with one attached hydrogen (secondary N) is 2. The summed E-state index contributed by atoms with van der Waals surface area (Å²) >= 11 is 1.51. The van der Waals surface area contributed by atoms with E-state index in [-0.39, 0.29) is 17.6 Å². The minimum absolute atomic E-state index is 0.113. The highest BCUT2D eigenvalue weighted by Crippen LogP contribution is 2.26. The van der Waals surface area contributed by atoms with Crippen molar-refractivity contribution >= 4 is 29.4 Å². The van der Waals surface area contributed by atoms with Crippen LogP contribution in [-0.2, 0) is 14.4 Å². The van der Waals surface area contributed by atoms with Crippen LogP contribution in [0.25, 0.3) is 0 Å². The molecule has 0 spiro atoms. The molecule has 140 valence electrons. The second-order valence-corrected chi connectivity index (χ2v) is 9.32. The Bertz CT molecular complexity index is 499. The number of thioether (sulfide) groups is 1. The van der Waals surface area contributed by atoms with E-state index in [1.165, 1.54) is 18.7 Å². The van der Waals surface area contributed by atoms with Crippen LogP contribution in [0, 0.1) is 0 Å². The molecule has 1 unspecified atom stereocenters. The normalized spacial score (nSPS) is 14.3. The third-order valence-electron chi connectivity index (χ3n) is 4.57. The fourth-order valence-corrected chi connectivity index (χ4v) is 2.35. The molecule has 7 heteroatoms. The van der Waals surface area contributed by atoms with Crippen LogP contribution in [0.4, 0.5) is 0 Å². The van der Waals surface area contributed by atoms with Gasteiger partial charge >= 0.3 is 0 Å². The summed E-state index contributed by atoms with van der Waals surface area (Å²) in [6, 6.07) is -0.627. The maximum Gasteiger partial charge on any atom is 0.245 e. The molecule has 0 aliphatic carbocycles. The smallest absolute Gasteiger partial charge is 0.245 e. The van der Waals surface area contributed by atoms with Crippen LogP contribution < -0.4 is 10.6 Å². The number of likely N-dealkylation sites (N-methyl/N-ethyl adjacent to an activating group) is 1. The zero-order valence-corrected chi connectivity index (χ0v) is 17.5. The molecule has 0 fully saturated rings. The maximum absolute atomic E-state index is 12.7. The predicted molar refractivity (Wildman–Crippen MR) is 100 cm³/mol. The van der Waals surface area contributed by atoms with Gasteiger partial charge in [-0.2, -0.15) is 11.8 Å². The quantitative estimate of drug-likeness (QED) is 0.686. The van der Waals surface area contributed by atoms with Gasteiger partial charge in [-0.3, -0.25) is 19.3 Å². The van der Waals surface area contributed by atoms with Crippen LogP contribution in [0.5, 0.6) is 0 Å². The van der Waals surface area contributed by atoms with E-state index in [0.29, 0.717) is 0 Å². The summed E-state index contributed by atoms with van der Waals surface area (Å²) in [5, 5.41) is 5.58. The van der Waals surface area contributed by atoms with Gasteiger partial charge in [0.2, 0.25) is 11.8 Å². The van der Waals surface area contributed by atoms with E-state index in [1.54, 1.807) is 46.7 Å². The van der Waals surface area contributed by atoms with Gasteiger partial charge in [-0.1, -0.05) is 0 Å². The lowest BCUT2D eigenvalue weighted by Gasteiger charge is -2.37. The Labute approximate surface area is 150 Å². The minimum atomic E-state index is -1.13. The van der Waals surface area contributed by atoms with Crippen molar-refractivity contribution in [1.82, 2.24) is 15.5 Å². The second kappa shape index (κ2) is 7.87. The number of nitrogens with zero attached hydrogens (tertiary/aromatic N) is 1. The van der Waals surface area contributed by atoms with Gasteiger partial charge in [0.1, 0.15) is 11.6 Å². The first kappa shape index (κ1) is 22.9. The van der Waals surface area contributed by atoms with Crippen molar-refractivity contribution in [2.75, 3.05) is 20.4 Å². The Morgan fingerprint density at radius 2 is 1.42 bits per heavy atom. The lowest BCUT2D eigenvalue weighted by molar-refractivity contribution is -0.138. The Kier molecular flexibility index (Phi) is 7.51. The summed E-state index contributed by atoms with van der Waals surface area (Å²) < 4.78 is -0.440. The van der Waals surface area contributed by atoms with Gasteiger partial charge in [-0.15, -0.1) is 0 Å². The van der Waals surface area contributed by atoms with Crippen LogP contribution >= 0.6 is 11.8 Å². The van der Waals surface area contributed by atoms with Crippen LogP contribution in [0.15, 0.2) is 0 Å². The Morgan fingerprint density at radius 1 is 0.958 bits per heavy atom. The SMILES string of the molecule is CSC(C)(C)C(NC(=O)C(C)(C)NC(=O)C(C)(C)N(C)C)C(C)=O. The van der Waals surface area contributed by atoms with Gasteiger partial charge in [-0.25, -0.2) is 0 Å². The first-order chi connectivity index (χ1) is 10.6. The summed E-state index contributed by atoms with van der Waals surface area (Å²) in [5.41, 5.74) is -1.89. The predicted octanol–water partition coefficient (Wildman–Crippen LogP) is 1.44. The highest BCUT2D eigenvalue weighted by molar-refractivity contribution is 8.00. The highest BCUT2D eigenvalue weighted by atomic mass is 32.2. The number of rotatable bonds is 8. The number of amides is 2. The van der Waals surface area contributed by atoms with Gasteiger partial charge < -0.3 is 10.6 Å². The molecule has 0 aromatic rings. The Morgan fingerprint density at radius 3 is 1.75 bits per heavy atom. The zero-order valence-electron chi connectivity index (χ0n) is 16.7. The summed E-state index contributed by atoms with van der Waals surface area (Å²) in [6.07, 6.45) is 1.90. The standard InChI is InChI=1S/C17H33N3O3S/c1-11(21)12(17(6,7)24-10)18-13(22)15(2,3)19-14(23)16(4,5)20(8)9/h12H,1-10H3,(H,18,22)(H,19,23). The van der Waals surface area contributed by atoms with Gasteiger partial charge in [0.25, 0.3) is 0 Å². The molecule has 0 aliphatic heterocycles. The number of hydrogen-bond acceptors (Lipinski definition) is 5. The van der Waals surface area contributed by atoms with E-state index in [4.69, 9.17) is 0 Å². The van der Waals surface area contributed by atoms with Gasteiger partial charge in [-0.05, 0) is 68.8 Å². The van der Waals surface area contributed by atoms with Gasteiger partial charge in [0, 0.05) is 4.75 Å². The molecule has 2 N–H and O–H groups in total. The molecule has 0 saturated carbocycles. The summed E-state index contributed by atoms with van der Waals surface area (Å²) in [6.45, 7) is 12.1. The van der Waals surface area contributed by atoms with Crippen LogP contribution in [-0.4, -0.2) is 64.7 Å². The number of carbonyl (C=O) groups is 3. The van der Waals surface area contributed by atoms with Crippen molar-refractivity contribution in [2.45, 2.75) is 70.3 Å². The van der Waals surface area contributed by atoms with Crippen LogP contribution in [0.2, 0.25) is 0 Å². The van der Waals surface area contributed by atoms with Crippen LogP contribution in [0.3, 0.4) is 0 Å². The molecule has 24 heavy (non-hydrogen) atoms. The molecule has 0 aromatic carbocycles. The molecular formula is C17H33N3O3S. The van der Waals surface area contributed by atoms with Gasteiger partial charge in [0.05, 0.1) is 5.54 Å². The number of Topliss-reactive ketones (excluding diaryl/α,β-unsaturated/α-hetero) is 1. The minimum Gasteiger partial charge on any atom is -0.343 e. The largest absolute Gasteiger partial charge is 0.343 e.